The second-order valence-electron chi connectivity index (χ2n) is 5.18. The predicted octanol–water partition coefficient (Wildman–Crippen LogP) is 3.39. The quantitative estimate of drug-likeness (QED) is 0.456. The molecular formula is C15H16Cl2N4O3. The number of rotatable bonds is 7. The smallest absolute Gasteiger partial charge is 0.314 e. The molecule has 2 aromatic rings. The summed E-state index contributed by atoms with van der Waals surface area (Å²) in [6.07, 6.45) is 2.03. The molecule has 2 heterocycles. The first kappa shape index (κ1) is 18.4. The van der Waals surface area contributed by atoms with Gasteiger partial charge in [0.1, 0.15) is 10.3 Å². The summed E-state index contributed by atoms with van der Waals surface area (Å²) < 4.78 is 0. The first-order valence-corrected chi connectivity index (χ1v) is 7.95. The molecule has 0 saturated heterocycles. The van der Waals surface area contributed by atoms with E-state index in [-0.39, 0.29) is 23.3 Å². The minimum Gasteiger partial charge on any atom is -0.396 e. The van der Waals surface area contributed by atoms with Crippen molar-refractivity contribution in [3.63, 3.8) is 0 Å². The Balaban J connectivity index is 2.43. The maximum absolute atomic E-state index is 11.4. The van der Waals surface area contributed by atoms with Crippen LogP contribution in [0.15, 0.2) is 24.4 Å². The molecule has 2 rings (SSSR count). The third kappa shape index (κ3) is 4.53. The van der Waals surface area contributed by atoms with Gasteiger partial charge in [0.05, 0.1) is 4.92 Å². The van der Waals surface area contributed by atoms with Gasteiger partial charge in [-0.1, -0.05) is 29.3 Å². The van der Waals surface area contributed by atoms with Crippen LogP contribution in [0.5, 0.6) is 0 Å². The van der Waals surface area contributed by atoms with Gasteiger partial charge in [0.15, 0.2) is 0 Å². The van der Waals surface area contributed by atoms with Gasteiger partial charge >= 0.3 is 5.69 Å². The number of aliphatic hydroxyl groups is 1. The van der Waals surface area contributed by atoms with Gasteiger partial charge in [-0.15, -0.1) is 0 Å². The first-order chi connectivity index (χ1) is 11.4. The van der Waals surface area contributed by atoms with Crippen LogP contribution in [0.1, 0.15) is 17.5 Å². The summed E-state index contributed by atoms with van der Waals surface area (Å²) in [6, 6.07) is 4.88. The molecule has 0 amide bonds. The lowest BCUT2D eigenvalue weighted by Gasteiger charge is -2.24. The van der Waals surface area contributed by atoms with Crippen molar-refractivity contribution in [3.8, 4) is 0 Å². The normalized spacial score (nSPS) is 10.7. The fraction of sp³-hybridized carbons (Fsp3) is 0.333. The minimum atomic E-state index is -0.472. The van der Waals surface area contributed by atoms with E-state index >= 15 is 0 Å². The van der Waals surface area contributed by atoms with E-state index in [0.717, 1.165) is 5.56 Å². The molecule has 24 heavy (non-hydrogen) atoms. The molecule has 0 bridgehead atoms. The van der Waals surface area contributed by atoms with Crippen LogP contribution in [0.4, 0.5) is 11.5 Å². The largest absolute Gasteiger partial charge is 0.396 e. The maximum atomic E-state index is 11.4. The average Bonchev–Trinajstić information content (AvgIpc) is 2.52. The van der Waals surface area contributed by atoms with Crippen LogP contribution in [0.3, 0.4) is 0 Å². The minimum absolute atomic E-state index is 0.0390. The highest BCUT2D eigenvalue weighted by atomic mass is 35.5. The standard InChI is InChI=1S/C15H16Cl2N4O3/c1-10-7-13(17)19-15(14(10)21(23)24)20(5-2-6-22)9-11-3-4-12(16)18-8-11/h3-4,7-8,22H,2,5-6,9H2,1H3. The molecule has 0 atom stereocenters. The van der Waals surface area contributed by atoms with Gasteiger partial charge in [-0.3, -0.25) is 10.1 Å². The summed E-state index contributed by atoms with van der Waals surface area (Å²) in [5, 5.41) is 21.1. The number of pyridine rings is 2. The van der Waals surface area contributed by atoms with Crippen molar-refractivity contribution in [2.24, 2.45) is 0 Å². The van der Waals surface area contributed by atoms with Gasteiger partial charge in [-0.25, -0.2) is 9.97 Å². The van der Waals surface area contributed by atoms with Crippen molar-refractivity contribution in [2.75, 3.05) is 18.1 Å². The topological polar surface area (TPSA) is 92.4 Å². The van der Waals surface area contributed by atoms with E-state index in [2.05, 4.69) is 9.97 Å². The number of nitro groups is 1. The second-order valence-corrected chi connectivity index (χ2v) is 5.95. The zero-order valence-electron chi connectivity index (χ0n) is 12.9. The Hall–Kier alpha value is -1.96. The van der Waals surface area contributed by atoms with Crippen molar-refractivity contribution in [1.82, 2.24) is 9.97 Å². The van der Waals surface area contributed by atoms with Crippen LogP contribution >= 0.6 is 23.2 Å². The molecule has 0 radical (unpaired) electrons. The van der Waals surface area contributed by atoms with Crippen molar-refractivity contribution >= 4 is 34.7 Å². The predicted molar refractivity (Wildman–Crippen MR) is 92.6 cm³/mol. The monoisotopic (exact) mass is 370 g/mol. The number of aromatic nitrogens is 2. The maximum Gasteiger partial charge on any atom is 0.314 e. The third-order valence-corrected chi connectivity index (χ3v) is 3.78. The number of halogens is 2. The van der Waals surface area contributed by atoms with Crippen LogP contribution in [0.25, 0.3) is 0 Å². The molecule has 9 heteroatoms. The SMILES string of the molecule is Cc1cc(Cl)nc(N(CCCO)Cc2ccc(Cl)nc2)c1[N+](=O)[O-]. The first-order valence-electron chi connectivity index (χ1n) is 7.20. The number of hydrogen-bond donors (Lipinski definition) is 1. The van der Waals surface area contributed by atoms with Crippen molar-refractivity contribution in [2.45, 2.75) is 19.9 Å². The van der Waals surface area contributed by atoms with Gasteiger partial charge in [0.2, 0.25) is 5.82 Å². The zero-order valence-corrected chi connectivity index (χ0v) is 14.5. The summed E-state index contributed by atoms with van der Waals surface area (Å²) in [5.74, 6) is 0.174. The van der Waals surface area contributed by atoms with Crippen LogP contribution in [-0.2, 0) is 6.54 Å². The molecule has 2 aromatic heterocycles. The van der Waals surface area contributed by atoms with Crippen molar-refractivity contribution in [3.05, 3.63) is 55.9 Å². The Morgan fingerprint density at radius 1 is 1.33 bits per heavy atom. The summed E-state index contributed by atoms with van der Waals surface area (Å²) in [4.78, 5) is 20.8. The lowest BCUT2D eigenvalue weighted by molar-refractivity contribution is -0.384. The van der Waals surface area contributed by atoms with Crippen LogP contribution in [-0.4, -0.2) is 33.1 Å². The average molecular weight is 371 g/mol. The molecule has 7 nitrogen and oxygen atoms in total. The second kappa shape index (κ2) is 8.23. The molecule has 1 N–H and O–H groups in total. The summed E-state index contributed by atoms with van der Waals surface area (Å²) in [7, 11) is 0. The Kier molecular flexibility index (Phi) is 6.30. The fourth-order valence-corrected chi connectivity index (χ4v) is 2.65. The van der Waals surface area contributed by atoms with E-state index in [9.17, 15) is 10.1 Å². The van der Waals surface area contributed by atoms with Gasteiger partial charge in [-0.2, -0.15) is 0 Å². The van der Waals surface area contributed by atoms with Crippen LogP contribution in [0, 0.1) is 17.0 Å². The fourth-order valence-electron chi connectivity index (χ4n) is 2.30. The number of anilines is 1. The third-order valence-electron chi connectivity index (χ3n) is 3.36. The lowest BCUT2D eigenvalue weighted by Crippen LogP contribution is -2.27. The number of hydrogen-bond acceptors (Lipinski definition) is 6. The summed E-state index contributed by atoms with van der Waals surface area (Å²) in [6.45, 7) is 2.29. The van der Waals surface area contributed by atoms with E-state index < -0.39 is 4.92 Å². The van der Waals surface area contributed by atoms with Gasteiger partial charge in [0, 0.05) is 31.5 Å². The van der Waals surface area contributed by atoms with Gasteiger partial charge in [0.25, 0.3) is 0 Å². The van der Waals surface area contributed by atoms with Crippen molar-refractivity contribution < 1.29 is 10.0 Å². The van der Waals surface area contributed by atoms with E-state index in [1.807, 2.05) is 0 Å². The highest BCUT2D eigenvalue weighted by molar-refractivity contribution is 6.29. The molecular weight excluding hydrogens is 355 g/mol. The highest BCUT2D eigenvalue weighted by Crippen LogP contribution is 2.32. The lowest BCUT2D eigenvalue weighted by atomic mass is 10.2. The molecule has 0 aliphatic heterocycles. The Labute approximate surface area is 149 Å². The molecule has 0 spiro atoms. The van der Waals surface area contributed by atoms with Gasteiger partial charge in [-0.05, 0) is 31.0 Å². The summed E-state index contributed by atoms with van der Waals surface area (Å²) in [5.41, 5.74) is 1.14. The number of aryl methyl sites for hydroxylation is 1. The van der Waals surface area contributed by atoms with E-state index in [1.54, 1.807) is 30.2 Å². The molecule has 0 aliphatic carbocycles. The molecule has 128 valence electrons. The Morgan fingerprint density at radius 3 is 2.67 bits per heavy atom. The van der Waals surface area contributed by atoms with E-state index in [0.29, 0.717) is 30.2 Å². The Morgan fingerprint density at radius 2 is 2.08 bits per heavy atom. The highest BCUT2D eigenvalue weighted by Gasteiger charge is 2.25. The zero-order chi connectivity index (χ0) is 17.7. The van der Waals surface area contributed by atoms with E-state index in [4.69, 9.17) is 28.3 Å². The van der Waals surface area contributed by atoms with Crippen molar-refractivity contribution in [1.29, 1.82) is 0 Å². The van der Waals surface area contributed by atoms with E-state index in [1.165, 1.54) is 6.07 Å². The number of aliphatic hydroxyl groups excluding tert-OH is 1. The molecule has 0 aliphatic rings. The molecule has 0 unspecified atom stereocenters. The van der Waals surface area contributed by atoms with Crippen LogP contribution in [0.2, 0.25) is 10.3 Å². The molecule has 0 saturated carbocycles. The number of nitrogens with zero attached hydrogens (tertiary/aromatic N) is 4. The van der Waals surface area contributed by atoms with Crippen LogP contribution < -0.4 is 4.90 Å². The molecule has 0 fully saturated rings. The van der Waals surface area contributed by atoms with Gasteiger partial charge < -0.3 is 10.0 Å². The Bertz CT molecular complexity index is 725. The summed E-state index contributed by atoms with van der Waals surface area (Å²) >= 11 is 11.8. The molecule has 0 aromatic carbocycles.